The molecule has 1 aliphatic heterocycles. The molecule has 1 atom stereocenters. The maximum absolute atomic E-state index is 12.9. The molecule has 0 aromatic heterocycles. The molecule has 0 radical (unpaired) electrons. The lowest BCUT2D eigenvalue weighted by atomic mass is 10.2. The third kappa shape index (κ3) is 4.56. The highest BCUT2D eigenvalue weighted by Gasteiger charge is 2.33. The summed E-state index contributed by atoms with van der Waals surface area (Å²) in [5, 5.41) is 3.24. The molecule has 1 N–H and O–H groups in total. The number of hydrogen-bond donors (Lipinski definition) is 1. The van der Waals surface area contributed by atoms with Crippen molar-refractivity contribution < 1.29 is 14.0 Å². The highest BCUT2D eigenvalue weighted by Crippen LogP contribution is 2.41. The van der Waals surface area contributed by atoms with E-state index >= 15 is 0 Å². The molecule has 2 aromatic carbocycles. The number of halogens is 2. The molecule has 1 saturated heterocycles. The van der Waals surface area contributed by atoms with E-state index in [4.69, 9.17) is 11.6 Å². The van der Waals surface area contributed by atoms with Crippen LogP contribution in [-0.4, -0.2) is 29.0 Å². The van der Waals surface area contributed by atoms with Crippen LogP contribution in [0, 0.1) is 5.82 Å². The Hall–Kier alpha value is -2.05. The average molecular weight is 393 g/mol. The zero-order valence-corrected chi connectivity index (χ0v) is 15.5. The molecular weight excluding hydrogens is 375 g/mol. The van der Waals surface area contributed by atoms with Gasteiger partial charge in [0, 0.05) is 30.1 Å². The highest BCUT2D eigenvalue weighted by atomic mass is 35.5. The predicted molar refractivity (Wildman–Crippen MR) is 101 cm³/mol. The molecule has 1 aliphatic rings. The lowest BCUT2D eigenvalue weighted by molar-refractivity contribution is -0.129. The van der Waals surface area contributed by atoms with Gasteiger partial charge in [0.2, 0.25) is 11.8 Å². The largest absolute Gasteiger partial charge is 0.352 e. The van der Waals surface area contributed by atoms with Gasteiger partial charge in [-0.2, -0.15) is 0 Å². The smallest absolute Gasteiger partial charge is 0.233 e. The highest BCUT2D eigenvalue weighted by molar-refractivity contribution is 8.00. The van der Waals surface area contributed by atoms with Gasteiger partial charge < -0.3 is 10.2 Å². The summed E-state index contributed by atoms with van der Waals surface area (Å²) in [4.78, 5) is 26.0. The van der Waals surface area contributed by atoms with Crippen LogP contribution in [0.1, 0.15) is 22.9 Å². The third-order valence-corrected chi connectivity index (χ3v) is 5.70. The number of hydrogen-bond acceptors (Lipinski definition) is 3. The van der Waals surface area contributed by atoms with Gasteiger partial charge in [-0.25, -0.2) is 4.39 Å². The van der Waals surface area contributed by atoms with Crippen LogP contribution in [0.3, 0.4) is 0 Å². The molecular formula is C19H18ClFN2O2S. The second kappa shape index (κ2) is 8.56. The Kier molecular flexibility index (Phi) is 6.16. The van der Waals surface area contributed by atoms with Gasteiger partial charge in [-0.1, -0.05) is 41.9 Å². The van der Waals surface area contributed by atoms with Gasteiger partial charge in [-0.05, 0) is 23.8 Å². The van der Waals surface area contributed by atoms with Gasteiger partial charge in [0.25, 0.3) is 0 Å². The van der Waals surface area contributed by atoms with Crippen molar-refractivity contribution in [1.82, 2.24) is 10.2 Å². The van der Waals surface area contributed by atoms with E-state index in [2.05, 4.69) is 5.32 Å². The monoisotopic (exact) mass is 392 g/mol. The number of amides is 2. The van der Waals surface area contributed by atoms with Crippen molar-refractivity contribution in [3.63, 3.8) is 0 Å². The standard InChI is InChI=1S/C19H18ClFN2O2S/c20-16-4-2-1-3-15(16)19-23(18(25)12-26-19)10-9-17(24)22-11-13-5-7-14(21)8-6-13/h1-8,19H,9-12H2,(H,22,24)/t19-/m1/s1. The molecule has 1 heterocycles. The van der Waals surface area contributed by atoms with Crippen LogP contribution >= 0.6 is 23.4 Å². The molecule has 136 valence electrons. The second-order valence-electron chi connectivity index (χ2n) is 5.93. The van der Waals surface area contributed by atoms with Crippen LogP contribution in [0.4, 0.5) is 4.39 Å². The third-order valence-electron chi connectivity index (χ3n) is 4.12. The maximum atomic E-state index is 12.9. The van der Waals surface area contributed by atoms with Gasteiger partial charge in [-0.15, -0.1) is 11.8 Å². The summed E-state index contributed by atoms with van der Waals surface area (Å²) in [5.41, 5.74) is 1.71. The van der Waals surface area contributed by atoms with Crippen molar-refractivity contribution in [2.75, 3.05) is 12.3 Å². The Labute approximate surface area is 160 Å². The SMILES string of the molecule is O=C(CCN1C(=O)CS[C@@H]1c1ccccc1Cl)NCc1ccc(F)cc1. The molecule has 0 unspecified atom stereocenters. The summed E-state index contributed by atoms with van der Waals surface area (Å²) < 4.78 is 12.9. The first-order chi connectivity index (χ1) is 12.5. The Morgan fingerprint density at radius 3 is 2.69 bits per heavy atom. The van der Waals surface area contributed by atoms with Crippen molar-refractivity contribution in [2.24, 2.45) is 0 Å². The first kappa shape index (κ1) is 18.7. The molecule has 0 bridgehead atoms. The van der Waals surface area contributed by atoms with Gasteiger partial charge in [-0.3, -0.25) is 9.59 Å². The van der Waals surface area contributed by atoms with Crippen molar-refractivity contribution in [2.45, 2.75) is 18.3 Å². The number of carbonyl (C=O) groups excluding carboxylic acids is 2. The second-order valence-corrected chi connectivity index (χ2v) is 7.40. The van der Waals surface area contributed by atoms with Crippen molar-refractivity contribution in [3.05, 3.63) is 70.5 Å². The molecule has 7 heteroatoms. The fourth-order valence-electron chi connectivity index (χ4n) is 2.74. The Morgan fingerprint density at radius 1 is 1.23 bits per heavy atom. The summed E-state index contributed by atoms with van der Waals surface area (Å²) in [6, 6.07) is 13.4. The summed E-state index contributed by atoms with van der Waals surface area (Å²) >= 11 is 7.77. The van der Waals surface area contributed by atoms with E-state index in [0.717, 1.165) is 11.1 Å². The van der Waals surface area contributed by atoms with E-state index in [1.54, 1.807) is 23.1 Å². The molecule has 0 spiro atoms. The Morgan fingerprint density at radius 2 is 1.96 bits per heavy atom. The molecule has 3 rings (SSSR count). The molecule has 4 nitrogen and oxygen atoms in total. The minimum absolute atomic E-state index is 0.00579. The molecule has 26 heavy (non-hydrogen) atoms. The first-order valence-corrected chi connectivity index (χ1v) is 9.64. The zero-order valence-electron chi connectivity index (χ0n) is 14.0. The van der Waals surface area contributed by atoms with Crippen LogP contribution in [0.25, 0.3) is 0 Å². The van der Waals surface area contributed by atoms with E-state index in [0.29, 0.717) is 23.9 Å². The summed E-state index contributed by atoms with van der Waals surface area (Å²) in [6.07, 6.45) is 0.203. The number of rotatable bonds is 6. The fraction of sp³-hybridized carbons (Fsp3) is 0.263. The quantitative estimate of drug-likeness (QED) is 0.814. The van der Waals surface area contributed by atoms with Crippen LogP contribution < -0.4 is 5.32 Å². The van der Waals surface area contributed by atoms with E-state index in [9.17, 15) is 14.0 Å². The van der Waals surface area contributed by atoms with E-state index in [1.165, 1.54) is 23.9 Å². The van der Waals surface area contributed by atoms with Crippen LogP contribution in [0.5, 0.6) is 0 Å². The number of thioether (sulfide) groups is 1. The molecule has 0 aliphatic carbocycles. The summed E-state index contributed by atoms with van der Waals surface area (Å²) in [7, 11) is 0. The summed E-state index contributed by atoms with van der Waals surface area (Å²) in [5.74, 6) is -0.0773. The van der Waals surface area contributed by atoms with E-state index in [-0.39, 0.29) is 29.4 Å². The van der Waals surface area contributed by atoms with Gasteiger partial charge in [0.05, 0.1) is 5.75 Å². The number of carbonyl (C=O) groups is 2. The Bertz CT molecular complexity index is 800. The molecule has 2 amide bonds. The first-order valence-electron chi connectivity index (χ1n) is 8.21. The predicted octanol–water partition coefficient (Wildman–Crippen LogP) is 3.76. The maximum Gasteiger partial charge on any atom is 0.233 e. The topological polar surface area (TPSA) is 49.4 Å². The van der Waals surface area contributed by atoms with Crippen LogP contribution in [0.2, 0.25) is 5.02 Å². The Balaban J connectivity index is 1.55. The van der Waals surface area contributed by atoms with Crippen molar-refractivity contribution in [3.8, 4) is 0 Å². The molecule has 0 saturated carbocycles. The van der Waals surface area contributed by atoms with Crippen molar-refractivity contribution in [1.29, 1.82) is 0 Å². The number of benzene rings is 2. The van der Waals surface area contributed by atoms with Gasteiger partial charge in [0.15, 0.2) is 0 Å². The van der Waals surface area contributed by atoms with E-state index < -0.39 is 0 Å². The van der Waals surface area contributed by atoms with Crippen molar-refractivity contribution >= 4 is 35.2 Å². The number of nitrogens with one attached hydrogen (secondary N) is 1. The molecule has 2 aromatic rings. The summed E-state index contributed by atoms with van der Waals surface area (Å²) in [6.45, 7) is 0.659. The lowest BCUT2D eigenvalue weighted by Gasteiger charge is -2.24. The lowest BCUT2D eigenvalue weighted by Crippen LogP contribution is -2.33. The average Bonchev–Trinajstić information content (AvgIpc) is 3.00. The zero-order chi connectivity index (χ0) is 18.5. The molecule has 1 fully saturated rings. The van der Waals surface area contributed by atoms with Crippen LogP contribution in [0.15, 0.2) is 48.5 Å². The number of nitrogens with zero attached hydrogens (tertiary/aromatic N) is 1. The van der Waals surface area contributed by atoms with Crippen LogP contribution in [-0.2, 0) is 16.1 Å². The minimum Gasteiger partial charge on any atom is -0.352 e. The fourth-order valence-corrected chi connectivity index (χ4v) is 4.30. The van der Waals surface area contributed by atoms with Gasteiger partial charge in [0.1, 0.15) is 11.2 Å². The minimum atomic E-state index is -0.310. The van der Waals surface area contributed by atoms with E-state index in [1.807, 2.05) is 18.2 Å². The normalized spacial score (nSPS) is 16.8. The van der Waals surface area contributed by atoms with Gasteiger partial charge >= 0.3 is 0 Å².